The van der Waals surface area contributed by atoms with Gasteiger partial charge in [0.2, 0.25) is 0 Å². The lowest BCUT2D eigenvalue weighted by Gasteiger charge is -2.14. The minimum atomic E-state index is -3.02. The van der Waals surface area contributed by atoms with Crippen molar-refractivity contribution in [2.24, 2.45) is 5.73 Å². The molecule has 1 aromatic rings. The Bertz CT molecular complexity index is 275. The highest BCUT2D eigenvalue weighted by molar-refractivity contribution is 5.20. The SMILES string of the molecule is Cc1ncncc1C(F)(F)CN. The van der Waals surface area contributed by atoms with Crippen molar-refractivity contribution in [3.8, 4) is 0 Å². The zero-order valence-electron chi connectivity index (χ0n) is 6.59. The number of rotatable bonds is 2. The highest BCUT2D eigenvalue weighted by Crippen LogP contribution is 2.27. The number of aryl methyl sites for hydroxylation is 1. The lowest BCUT2D eigenvalue weighted by Crippen LogP contribution is -2.26. The van der Waals surface area contributed by atoms with Gasteiger partial charge in [0.1, 0.15) is 6.33 Å². The first kappa shape index (κ1) is 8.99. The Morgan fingerprint density at radius 1 is 1.58 bits per heavy atom. The van der Waals surface area contributed by atoms with Crippen LogP contribution in [0.5, 0.6) is 0 Å². The Morgan fingerprint density at radius 2 is 2.25 bits per heavy atom. The summed E-state index contributed by atoms with van der Waals surface area (Å²) in [6.07, 6.45) is 2.32. The van der Waals surface area contributed by atoms with Crippen molar-refractivity contribution in [1.82, 2.24) is 9.97 Å². The first-order chi connectivity index (χ1) is 5.58. The van der Waals surface area contributed by atoms with Gasteiger partial charge in [0.15, 0.2) is 0 Å². The average Bonchev–Trinajstić information content (AvgIpc) is 2.05. The third-order valence-corrected chi connectivity index (χ3v) is 1.56. The molecular formula is C7H9F2N3. The Kier molecular flexibility index (Phi) is 2.32. The van der Waals surface area contributed by atoms with Crippen molar-refractivity contribution in [3.63, 3.8) is 0 Å². The van der Waals surface area contributed by atoms with Crippen LogP contribution >= 0.6 is 0 Å². The Balaban J connectivity index is 3.10. The fraction of sp³-hybridized carbons (Fsp3) is 0.429. The van der Waals surface area contributed by atoms with Crippen LogP contribution < -0.4 is 5.73 Å². The smallest absolute Gasteiger partial charge is 0.288 e. The number of alkyl halides is 2. The molecule has 66 valence electrons. The summed E-state index contributed by atoms with van der Waals surface area (Å²) in [6.45, 7) is 0.780. The van der Waals surface area contributed by atoms with Gasteiger partial charge in [-0.15, -0.1) is 0 Å². The quantitative estimate of drug-likeness (QED) is 0.720. The van der Waals surface area contributed by atoms with Gasteiger partial charge >= 0.3 is 0 Å². The van der Waals surface area contributed by atoms with Crippen molar-refractivity contribution in [2.45, 2.75) is 12.8 Å². The number of hydrogen-bond acceptors (Lipinski definition) is 3. The zero-order chi connectivity index (χ0) is 9.19. The first-order valence-corrected chi connectivity index (χ1v) is 3.43. The summed E-state index contributed by atoms with van der Waals surface area (Å²) < 4.78 is 25.9. The third kappa shape index (κ3) is 1.55. The molecule has 0 unspecified atom stereocenters. The molecule has 2 N–H and O–H groups in total. The third-order valence-electron chi connectivity index (χ3n) is 1.56. The molecule has 0 aliphatic rings. The van der Waals surface area contributed by atoms with E-state index in [1.165, 1.54) is 13.3 Å². The lowest BCUT2D eigenvalue weighted by atomic mass is 10.1. The molecule has 5 heteroatoms. The molecule has 1 aromatic heterocycles. The van der Waals surface area contributed by atoms with Gasteiger partial charge in [0.25, 0.3) is 5.92 Å². The largest absolute Gasteiger partial charge is 0.325 e. The summed E-state index contributed by atoms with van der Waals surface area (Å²) in [6, 6.07) is 0. The summed E-state index contributed by atoms with van der Waals surface area (Å²) in [5, 5.41) is 0. The summed E-state index contributed by atoms with van der Waals surface area (Å²) in [7, 11) is 0. The molecule has 0 spiro atoms. The molecule has 0 amide bonds. The van der Waals surface area contributed by atoms with E-state index in [-0.39, 0.29) is 11.3 Å². The van der Waals surface area contributed by atoms with Crippen LogP contribution in [0, 0.1) is 6.92 Å². The molecule has 12 heavy (non-hydrogen) atoms. The molecule has 3 nitrogen and oxygen atoms in total. The van der Waals surface area contributed by atoms with Crippen LogP contribution in [0.4, 0.5) is 8.78 Å². The molecule has 0 bridgehead atoms. The van der Waals surface area contributed by atoms with Crippen LogP contribution in [0.25, 0.3) is 0 Å². The molecule has 0 atom stereocenters. The standard InChI is InChI=1S/C7H9F2N3/c1-5-6(2-11-4-12-5)7(8,9)3-10/h2,4H,3,10H2,1H3. The van der Waals surface area contributed by atoms with E-state index in [1.807, 2.05) is 0 Å². The van der Waals surface area contributed by atoms with Gasteiger partial charge in [-0.2, -0.15) is 8.78 Å². The fourth-order valence-electron chi connectivity index (χ4n) is 0.860. The zero-order valence-corrected chi connectivity index (χ0v) is 6.59. The molecule has 0 radical (unpaired) electrons. The summed E-state index contributed by atoms with van der Waals surface area (Å²) >= 11 is 0. The minimum Gasteiger partial charge on any atom is -0.325 e. The van der Waals surface area contributed by atoms with Crippen molar-refractivity contribution < 1.29 is 8.78 Å². The highest BCUT2D eigenvalue weighted by Gasteiger charge is 2.31. The second-order valence-electron chi connectivity index (χ2n) is 2.43. The van der Waals surface area contributed by atoms with Gasteiger partial charge in [-0.3, -0.25) is 0 Å². The molecule has 0 aromatic carbocycles. The second-order valence-corrected chi connectivity index (χ2v) is 2.43. The van der Waals surface area contributed by atoms with Gasteiger partial charge < -0.3 is 5.73 Å². The second kappa shape index (κ2) is 3.10. The Morgan fingerprint density at radius 3 is 2.75 bits per heavy atom. The number of aromatic nitrogens is 2. The maximum absolute atomic E-state index is 12.9. The van der Waals surface area contributed by atoms with E-state index in [2.05, 4.69) is 9.97 Å². The predicted octanol–water partition coefficient (Wildman–Crippen LogP) is 0.836. The topological polar surface area (TPSA) is 51.8 Å². The van der Waals surface area contributed by atoms with Crippen LogP contribution in [0.3, 0.4) is 0 Å². The van der Waals surface area contributed by atoms with E-state index >= 15 is 0 Å². The minimum absolute atomic E-state index is 0.201. The number of hydrogen-bond donors (Lipinski definition) is 1. The summed E-state index contributed by atoms with van der Waals surface area (Å²) in [4.78, 5) is 7.16. The van der Waals surface area contributed by atoms with E-state index in [9.17, 15) is 8.78 Å². The highest BCUT2D eigenvalue weighted by atomic mass is 19.3. The van der Waals surface area contributed by atoms with Gasteiger partial charge in [-0.25, -0.2) is 9.97 Å². The summed E-state index contributed by atoms with van der Waals surface area (Å²) in [5.74, 6) is -3.02. The summed E-state index contributed by atoms with van der Waals surface area (Å²) in [5.41, 5.74) is 4.96. The van der Waals surface area contributed by atoms with Crippen molar-refractivity contribution in [2.75, 3.05) is 6.54 Å². The van der Waals surface area contributed by atoms with Gasteiger partial charge in [-0.1, -0.05) is 0 Å². The molecule has 0 saturated carbocycles. The molecule has 0 saturated heterocycles. The van der Waals surface area contributed by atoms with Crippen molar-refractivity contribution in [3.05, 3.63) is 23.8 Å². The normalized spacial score (nSPS) is 11.7. The first-order valence-electron chi connectivity index (χ1n) is 3.43. The fourth-order valence-corrected chi connectivity index (χ4v) is 0.860. The van der Waals surface area contributed by atoms with E-state index in [0.29, 0.717) is 0 Å². The van der Waals surface area contributed by atoms with E-state index in [1.54, 1.807) is 0 Å². The van der Waals surface area contributed by atoms with Crippen LogP contribution in [0.2, 0.25) is 0 Å². The molecule has 0 aliphatic carbocycles. The number of nitrogens with zero attached hydrogens (tertiary/aromatic N) is 2. The van der Waals surface area contributed by atoms with Crippen LogP contribution in [0.15, 0.2) is 12.5 Å². The molecule has 1 rings (SSSR count). The van der Waals surface area contributed by atoms with Gasteiger partial charge in [0.05, 0.1) is 12.1 Å². The van der Waals surface area contributed by atoms with Gasteiger partial charge in [0, 0.05) is 11.9 Å². The molecule has 0 fully saturated rings. The molecule has 1 heterocycles. The van der Waals surface area contributed by atoms with E-state index in [0.717, 1.165) is 6.20 Å². The van der Waals surface area contributed by atoms with Crippen molar-refractivity contribution in [1.29, 1.82) is 0 Å². The number of nitrogens with two attached hydrogens (primary N) is 1. The maximum Gasteiger partial charge on any atom is 0.288 e. The van der Waals surface area contributed by atoms with Crippen LogP contribution in [-0.2, 0) is 5.92 Å². The average molecular weight is 173 g/mol. The lowest BCUT2D eigenvalue weighted by molar-refractivity contribution is 0.00454. The Labute approximate surface area is 68.6 Å². The van der Waals surface area contributed by atoms with E-state index < -0.39 is 12.5 Å². The van der Waals surface area contributed by atoms with Crippen molar-refractivity contribution >= 4 is 0 Å². The predicted molar refractivity (Wildman–Crippen MR) is 39.7 cm³/mol. The van der Waals surface area contributed by atoms with Gasteiger partial charge in [-0.05, 0) is 6.92 Å². The maximum atomic E-state index is 12.9. The molecule has 0 aliphatic heterocycles. The van der Waals surface area contributed by atoms with E-state index in [4.69, 9.17) is 5.73 Å². The monoisotopic (exact) mass is 173 g/mol. The van der Waals surface area contributed by atoms with Crippen LogP contribution in [-0.4, -0.2) is 16.5 Å². The molecular weight excluding hydrogens is 164 g/mol. The van der Waals surface area contributed by atoms with Crippen LogP contribution in [0.1, 0.15) is 11.3 Å². The number of halogens is 2. The Hall–Kier alpha value is -1.10.